The fraction of sp³-hybridized carbons (Fsp3) is 0.923. The van der Waals surface area contributed by atoms with Crippen molar-refractivity contribution in [2.75, 3.05) is 59.7 Å². The molecule has 0 aliphatic carbocycles. The molecule has 1 aliphatic rings. The van der Waals surface area contributed by atoms with Crippen molar-refractivity contribution in [3.63, 3.8) is 0 Å². The highest BCUT2D eigenvalue weighted by molar-refractivity contribution is 5.78. The van der Waals surface area contributed by atoms with Crippen molar-refractivity contribution in [3.8, 4) is 0 Å². The van der Waals surface area contributed by atoms with E-state index in [1.54, 1.807) is 7.11 Å². The highest BCUT2D eigenvalue weighted by Gasteiger charge is 2.09. The maximum atomic E-state index is 11.5. The first-order chi connectivity index (χ1) is 9.22. The van der Waals surface area contributed by atoms with E-state index in [0.29, 0.717) is 13.2 Å². The van der Waals surface area contributed by atoms with Gasteiger partial charge in [-0.15, -0.1) is 0 Å². The monoisotopic (exact) mass is 273 g/mol. The zero-order valence-corrected chi connectivity index (χ0v) is 12.1. The lowest BCUT2D eigenvalue weighted by molar-refractivity contribution is -0.121. The number of hydrogen-bond acceptors (Lipinski definition) is 5. The van der Waals surface area contributed by atoms with Crippen LogP contribution in [0.5, 0.6) is 0 Å². The Morgan fingerprint density at radius 1 is 1.42 bits per heavy atom. The van der Waals surface area contributed by atoms with Crippen LogP contribution in [0.1, 0.15) is 13.3 Å². The number of amides is 1. The van der Waals surface area contributed by atoms with Gasteiger partial charge in [-0.3, -0.25) is 9.69 Å². The predicted molar refractivity (Wildman–Crippen MR) is 74.2 cm³/mol. The topological polar surface area (TPSA) is 62.8 Å². The zero-order valence-electron chi connectivity index (χ0n) is 12.1. The minimum absolute atomic E-state index is 0.0240. The molecule has 0 saturated carbocycles. The van der Waals surface area contributed by atoms with E-state index in [2.05, 4.69) is 15.5 Å². The van der Waals surface area contributed by atoms with E-state index in [9.17, 15) is 4.79 Å². The number of morpholine rings is 1. The van der Waals surface area contributed by atoms with Gasteiger partial charge < -0.3 is 20.1 Å². The molecule has 2 N–H and O–H groups in total. The lowest BCUT2D eigenvalue weighted by atomic mass is 10.3. The van der Waals surface area contributed by atoms with Crippen molar-refractivity contribution in [1.29, 1.82) is 0 Å². The van der Waals surface area contributed by atoms with Gasteiger partial charge in [-0.2, -0.15) is 0 Å². The van der Waals surface area contributed by atoms with Crippen molar-refractivity contribution < 1.29 is 14.3 Å². The number of ether oxygens (including phenoxy) is 2. The molecule has 1 aliphatic heterocycles. The smallest absolute Gasteiger partial charge is 0.234 e. The number of methoxy groups -OCH3 is 1. The molecule has 1 heterocycles. The molecule has 0 aromatic heterocycles. The van der Waals surface area contributed by atoms with Crippen molar-refractivity contribution in [3.05, 3.63) is 0 Å². The number of carbonyl (C=O) groups is 1. The molecule has 6 heteroatoms. The third kappa shape index (κ3) is 8.15. The van der Waals surface area contributed by atoms with E-state index >= 15 is 0 Å². The molecule has 1 amide bonds. The Hall–Kier alpha value is -0.690. The van der Waals surface area contributed by atoms with Crippen molar-refractivity contribution >= 4 is 5.91 Å². The molecule has 0 aromatic rings. The first-order valence-electron chi connectivity index (χ1n) is 7.01. The third-order valence-corrected chi connectivity index (χ3v) is 3.04. The molecule has 1 unspecified atom stereocenters. The van der Waals surface area contributed by atoms with Gasteiger partial charge in [-0.05, 0) is 26.4 Å². The second kappa shape index (κ2) is 10.1. The second-order valence-electron chi connectivity index (χ2n) is 4.91. The summed E-state index contributed by atoms with van der Waals surface area (Å²) >= 11 is 0. The van der Waals surface area contributed by atoms with E-state index in [0.717, 1.165) is 45.8 Å². The predicted octanol–water partition coefficient (Wildman–Crippen LogP) is -0.551. The van der Waals surface area contributed by atoms with Gasteiger partial charge in [0.2, 0.25) is 5.91 Å². The zero-order chi connectivity index (χ0) is 13.9. The maximum Gasteiger partial charge on any atom is 0.234 e. The van der Waals surface area contributed by atoms with Gasteiger partial charge in [0.25, 0.3) is 0 Å². The van der Waals surface area contributed by atoms with E-state index in [1.807, 2.05) is 6.92 Å². The van der Waals surface area contributed by atoms with E-state index < -0.39 is 0 Å². The summed E-state index contributed by atoms with van der Waals surface area (Å²) in [6, 6.07) is 0.0626. The molecule has 19 heavy (non-hydrogen) atoms. The Kier molecular flexibility index (Phi) is 8.73. The quantitative estimate of drug-likeness (QED) is 0.552. The van der Waals surface area contributed by atoms with Crippen LogP contribution in [0.2, 0.25) is 0 Å². The first-order valence-corrected chi connectivity index (χ1v) is 7.01. The second-order valence-corrected chi connectivity index (χ2v) is 4.91. The molecule has 0 aromatic carbocycles. The Labute approximate surface area is 115 Å². The number of carbonyl (C=O) groups excluding carboxylic acids is 1. The molecular weight excluding hydrogens is 246 g/mol. The number of hydrogen-bond donors (Lipinski definition) is 2. The molecule has 6 nitrogen and oxygen atoms in total. The van der Waals surface area contributed by atoms with E-state index in [-0.39, 0.29) is 11.9 Å². The molecule has 1 saturated heterocycles. The number of nitrogens with zero attached hydrogens (tertiary/aromatic N) is 1. The van der Waals surface area contributed by atoms with Gasteiger partial charge in [-0.25, -0.2) is 0 Å². The van der Waals surface area contributed by atoms with Crippen molar-refractivity contribution in [2.24, 2.45) is 0 Å². The van der Waals surface area contributed by atoms with Crippen molar-refractivity contribution in [1.82, 2.24) is 15.5 Å². The molecule has 1 atom stereocenters. The fourth-order valence-corrected chi connectivity index (χ4v) is 2.07. The van der Waals surface area contributed by atoms with Crippen LogP contribution in [0.4, 0.5) is 0 Å². The summed E-state index contributed by atoms with van der Waals surface area (Å²) in [5, 5.41) is 6.03. The Morgan fingerprint density at radius 2 is 2.16 bits per heavy atom. The summed E-state index contributed by atoms with van der Waals surface area (Å²) in [6.45, 7) is 8.51. The Morgan fingerprint density at radius 3 is 2.84 bits per heavy atom. The van der Waals surface area contributed by atoms with E-state index in [1.165, 1.54) is 0 Å². The molecule has 1 rings (SSSR count). The van der Waals surface area contributed by atoms with Gasteiger partial charge in [0.1, 0.15) is 0 Å². The van der Waals surface area contributed by atoms with Crippen LogP contribution in [0.15, 0.2) is 0 Å². The van der Waals surface area contributed by atoms with Crippen LogP contribution in [0.3, 0.4) is 0 Å². The van der Waals surface area contributed by atoms with Gasteiger partial charge in [0, 0.05) is 26.2 Å². The normalized spacial score (nSPS) is 18.2. The molecule has 0 bridgehead atoms. The summed E-state index contributed by atoms with van der Waals surface area (Å²) in [6.07, 6.45) is 1.06. The largest absolute Gasteiger partial charge is 0.383 e. The highest BCUT2D eigenvalue weighted by Crippen LogP contribution is 1.97. The lowest BCUT2D eigenvalue weighted by Gasteiger charge is -2.26. The van der Waals surface area contributed by atoms with Gasteiger partial charge in [0.05, 0.1) is 26.4 Å². The number of nitrogens with one attached hydrogen (secondary N) is 2. The maximum absolute atomic E-state index is 11.5. The minimum atomic E-state index is 0.0240. The van der Waals surface area contributed by atoms with Crippen molar-refractivity contribution in [2.45, 2.75) is 19.4 Å². The summed E-state index contributed by atoms with van der Waals surface area (Å²) in [5.41, 5.74) is 0. The third-order valence-electron chi connectivity index (χ3n) is 3.04. The lowest BCUT2D eigenvalue weighted by Crippen LogP contribution is -2.42. The van der Waals surface area contributed by atoms with Crippen LogP contribution in [-0.2, 0) is 14.3 Å². The Balaban J connectivity index is 1.93. The van der Waals surface area contributed by atoms with Crippen LogP contribution >= 0.6 is 0 Å². The molecule has 112 valence electrons. The average molecular weight is 273 g/mol. The summed E-state index contributed by atoms with van der Waals surface area (Å²) in [4.78, 5) is 13.9. The fourth-order valence-electron chi connectivity index (χ4n) is 2.07. The highest BCUT2D eigenvalue weighted by atomic mass is 16.5. The van der Waals surface area contributed by atoms with Crippen LogP contribution < -0.4 is 10.6 Å². The van der Waals surface area contributed by atoms with Gasteiger partial charge in [-0.1, -0.05) is 0 Å². The van der Waals surface area contributed by atoms with Crippen LogP contribution in [-0.4, -0.2) is 76.5 Å². The molecular formula is C13H27N3O3. The van der Waals surface area contributed by atoms with Gasteiger partial charge in [0.15, 0.2) is 0 Å². The Bertz CT molecular complexity index is 245. The molecule has 0 spiro atoms. The van der Waals surface area contributed by atoms with Crippen LogP contribution in [0, 0.1) is 0 Å². The standard InChI is InChI=1S/C13H27N3O3/c1-12(11-18-2)15-13(17)10-14-4-3-5-16-6-8-19-9-7-16/h12,14H,3-11H2,1-2H3,(H,15,17). The minimum Gasteiger partial charge on any atom is -0.383 e. The first kappa shape index (κ1) is 16.4. The summed E-state index contributed by atoms with van der Waals surface area (Å²) in [5.74, 6) is 0.0240. The molecule has 1 fully saturated rings. The SMILES string of the molecule is COCC(C)NC(=O)CNCCCN1CCOCC1. The number of rotatable bonds is 9. The summed E-state index contributed by atoms with van der Waals surface area (Å²) in [7, 11) is 1.63. The summed E-state index contributed by atoms with van der Waals surface area (Å²) < 4.78 is 10.3. The average Bonchev–Trinajstić information content (AvgIpc) is 2.39. The van der Waals surface area contributed by atoms with E-state index in [4.69, 9.17) is 9.47 Å². The molecule has 0 radical (unpaired) electrons. The van der Waals surface area contributed by atoms with Crippen LogP contribution in [0.25, 0.3) is 0 Å². The van der Waals surface area contributed by atoms with Gasteiger partial charge >= 0.3 is 0 Å².